The number of carboxylic acids is 1. The van der Waals surface area contributed by atoms with Gasteiger partial charge in [0.1, 0.15) is 5.75 Å². The highest BCUT2D eigenvalue weighted by Crippen LogP contribution is 2.26. The fourth-order valence-electron chi connectivity index (χ4n) is 1.82. The van der Waals surface area contributed by atoms with Crippen molar-refractivity contribution < 1.29 is 14.6 Å². The number of carboxylic acid groups (broad SMARTS) is 1. The number of anilines is 1. The van der Waals surface area contributed by atoms with Gasteiger partial charge in [0, 0.05) is 12.2 Å². The summed E-state index contributed by atoms with van der Waals surface area (Å²) < 4.78 is 5.09. The number of methoxy groups -OCH3 is 1. The highest BCUT2D eigenvalue weighted by atomic mass is 35.5. The maximum absolute atomic E-state index is 11.0. The first-order valence-electron chi connectivity index (χ1n) is 6.10. The molecule has 0 saturated heterocycles. The predicted octanol–water partition coefficient (Wildman–Crippen LogP) is 4.31. The first kappa shape index (κ1) is 15.5. The van der Waals surface area contributed by atoms with E-state index in [4.69, 9.17) is 33.0 Å². The molecule has 4 nitrogen and oxygen atoms in total. The Morgan fingerprint density at radius 1 is 1.19 bits per heavy atom. The van der Waals surface area contributed by atoms with Crippen LogP contribution in [0.5, 0.6) is 5.75 Å². The van der Waals surface area contributed by atoms with Crippen molar-refractivity contribution in [3.05, 3.63) is 57.6 Å². The second kappa shape index (κ2) is 6.70. The van der Waals surface area contributed by atoms with Crippen LogP contribution in [0.4, 0.5) is 5.69 Å². The summed E-state index contributed by atoms with van der Waals surface area (Å²) >= 11 is 11.9. The van der Waals surface area contributed by atoms with Crippen molar-refractivity contribution in [3.63, 3.8) is 0 Å². The van der Waals surface area contributed by atoms with Crippen LogP contribution in [0.1, 0.15) is 15.9 Å². The molecule has 21 heavy (non-hydrogen) atoms. The number of rotatable bonds is 5. The summed E-state index contributed by atoms with van der Waals surface area (Å²) in [4.78, 5) is 11.0. The monoisotopic (exact) mass is 325 g/mol. The van der Waals surface area contributed by atoms with Crippen LogP contribution >= 0.6 is 23.2 Å². The predicted molar refractivity (Wildman–Crippen MR) is 83.7 cm³/mol. The highest BCUT2D eigenvalue weighted by molar-refractivity contribution is 6.33. The zero-order chi connectivity index (χ0) is 15.4. The smallest absolute Gasteiger partial charge is 0.337 e. The van der Waals surface area contributed by atoms with Crippen LogP contribution in [0.3, 0.4) is 0 Å². The Balaban J connectivity index is 2.11. The molecule has 2 aromatic carbocycles. The molecule has 0 unspecified atom stereocenters. The van der Waals surface area contributed by atoms with Crippen LogP contribution in [0.25, 0.3) is 0 Å². The minimum Gasteiger partial charge on any atom is -0.495 e. The Bertz CT molecular complexity index is 674. The number of ether oxygens (including phenoxy) is 1. The zero-order valence-electron chi connectivity index (χ0n) is 11.2. The normalized spacial score (nSPS) is 10.2. The van der Waals surface area contributed by atoms with Gasteiger partial charge in [0.15, 0.2) is 0 Å². The minimum atomic E-state index is -1.06. The van der Waals surface area contributed by atoms with Crippen molar-refractivity contribution in [1.82, 2.24) is 0 Å². The van der Waals surface area contributed by atoms with Crippen molar-refractivity contribution in [2.45, 2.75) is 6.54 Å². The molecule has 2 aromatic rings. The minimum absolute atomic E-state index is 0.0643. The van der Waals surface area contributed by atoms with Crippen LogP contribution in [0.2, 0.25) is 10.0 Å². The molecule has 0 fully saturated rings. The van der Waals surface area contributed by atoms with E-state index in [-0.39, 0.29) is 10.6 Å². The Morgan fingerprint density at radius 2 is 1.95 bits per heavy atom. The van der Waals surface area contributed by atoms with Gasteiger partial charge in [0.05, 0.1) is 22.7 Å². The second-order valence-electron chi connectivity index (χ2n) is 4.32. The van der Waals surface area contributed by atoms with E-state index in [1.54, 1.807) is 31.4 Å². The molecule has 0 aromatic heterocycles. The molecule has 0 radical (unpaired) electrons. The molecular formula is C15H13Cl2NO3. The van der Waals surface area contributed by atoms with Gasteiger partial charge >= 0.3 is 5.97 Å². The van der Waals surface area contributed by atoms with Crippen LogP contribution in [0.15, 0.2) is 36.4 Å². The van der Waals surface area contributed by atoms with E-state index >= 15 is 0 Å². The topological polar surface area (TPSA) is 58.6 Å². The van der Waals surface area contributed by atoms with Crippen molar-refractivity contribution in [3.8, 4) is 5.75 Å². The zero-order valence-corrected chi connectivity index (χ0v) is 12.7. The fraction of sp³-hybridized carbons (Fsp3) is 0.133. The number of carbonyl (C=O) groups is 1. The molecule has 0 aliphatic carbocycles. The quantitative estimate of drug-likeness (QED) is 0.859. The number of nitrogens with one attached hydrogen (secondary N) is 1. The number of hydrogen-bond donors (Lipinski definition) is 2. The van der Waals surface area contributed by atoms with E-state index in [1.807, 2.05) is 6.07 Å². The summed E-state index contributed by atoms with van der Waals surface area (Å²) in [7, 11) is 1.56. The lowest BCUT2D eigenvalue weighted by Gasteiger charge is -2.10. The average molecular weight is 326 g/mol. The summed E-state index contributed by atoms with van der Waals surface area (Å²) in [6, 6.07) is 10.2. The molecule has 2 N–H and O–H groups in total. The lowest BCUT2D eigenvalue weighted by Crippen LogP contribution is -2.03. The molecule has 0 aliphatic rings. The standard InChI is InChI=1S/C15H13Cl2NO3/c1-21-14-5-2-9(6-13(14)17)8-18-10-3-4-12(16)11(7-10)15(19)20/h2-7,18H,8H2,1H3,(H,19,20). The van der Waals surface area contributed by atoms with E-state index in [0.29, 0.717) is 23.0 Å². The van der Waals surface area contributed by atoms with Gasteiger partial charge in [-0.3, -0.25) is 0 Å². The van der Waals surface area contributed by atoms with Crippen LogP contribution in [-0.2, 0) is 6.54 Å². The maximum Gasteiger partial charge on any atom is 0.337 e. The summed E-state index contributed by atoms with van der Waals surface area (Å²) in [6.07, 6.45) is 0. The molecule has 110 valence electrons. The van der Waals surface area contributed by atoms with E-state index in [1.165, 1.54) is 6.07 Å². The lowest BCUT2D eigenvalue weighted by molar-refractivity contribution is 0.0697. The van der Waals surface area contributed by atoms with E-state index in [9.17, 15) is 4.79 Å². The van der Waals surface area contributed by atoms with Gasteiger partial charge in [-0.2, -0.15) is 0 Å². The van der Waals surface area contributed by atoms with Gasteiger partial charge in [-0.05, 0) is 35.9 Å². The Labute approximate surface area is 132 Å². The SMILES string of the molecule is COc1ccc(CNc2ccc(Cl)c(C(=O)O)c2)cc1Cl. The number of benzene rings is 2. The van der Waals surface area contributed by atoms with Gasteiger partial charge in [-0.25, -0.2) is 4.79 Å². The van der Waals surface area contributed by atoms with Crippen molar-refractivity contribution in [2.24, 2.45) is 0 Å². The van der Waals surface area contributed by atoms with Crippen LogP contribution in [-0.4, -0.2) is 18.2 Å². The largest absolute Gasteiger partial charge is 0.495 e. The molecule has 0 spiro atoms. The molecular weight excluding hydrogens is 313 g/mol. The Hall–Kier alpha value is -1.91. The van der Waals surface area contributed by atoms with Crippen LogP contribution in [0, 0.1) is 0 Å². The maximum atomic E-state index is 11.0. The number of hydrogen-bond acceptors (Lipinski definition) is 3. The van der Waals surface area contributed by atoms with Gasteiger partial charge < -0.3 is 15.2 Å². The van der Waals surface area contributed by atoms with Gasteiger partial charge in [0.25, 0.3) is 0 Å². The molecule has 0 bridgehead atoms. The van der Waals surface area contributed by atoms with Gasteiger partial charge in [-0.15, -0.1) is 0 Å². The van der Waals surface area contributed by atoms with Crippen molar-refractivity contribution >= 4 is 34.9 Å². The molecule has 0 atom stereocenters. The van der Waals surface area contributed by atoms with Gasteiger partial charge in [0.2, 0.25) is 0 Å². The van der Waals surface area contributed by atoms with E-state index in [2.05, 4.69) is 5.32 Å². The Kier molecular flexibility index (Phi) is 4.94. The molecule has 0 amide bonds. The van der Waals surface area contributed by atoms with Crippen molar-refractivity contribution in [2.75, 3.05) is 12.4 Å². The van der Waals surface area contributed by atoms with Crippen LogP contribution < -0.4 is 10.1 Å². The molecule has 6 heteroatoms. The lowest BCUT2D eigenvalue weighted by atomic mass is 10.1. The molecule has 0 heterocycles. The average Bonchev–Trinajstić information content (AvgIpc) is 2.46. The number of aromatic carboxylic acids is 1. The molecule has 0 aliphatic heterocycles. The summed E-state index contributed by atoms with van der Waals surface area (Å²) in [6.45, 7) is 0.504. The second-order valence-corrected chi connectivity index (χ2v) is 5.14. The summed E-state index contributed by atoms with van der Waals surface area (Å²) in [5.41, 5.74) is 1.69. The Morgan fingerprint density at radius 3 is 2.57 bits per heavy atom. The first-order chi connectivity index (χ1) is 10.0. The fourth-order valence-corrected chi connectivity index (χ4v) is 2.30. The van der Waals surface area contributed by atoms with E-state index in [0.717, 1.165) is 5.56 Å². The highest BCUT2D eigenvalue weighted by Gasteiger charge is 2.09. The third-order valence-corrected chi connectivity index (χ3v) is 3.53. The summed E-state index contributed by atoms with van der Waals surface area (Å²) in [5, 5.41) is 12.9. The first-order valence-corrected chi connectivity index (χ1v) is 6.86. The number of halogens is 2. The summed E-state index contributed by atoms with van der Waals surface area (Å²) in [5.74, 6) is -0.448. The third-order valence-electron chi connectivity index (χ3n) is 2.91. The van der Waals surface area contributed by atoms with Gasteiger partial charge in [-0.1, -0.05) is 29.3 Å². The third kappa shape index (κ3) is 3.80. The van der Waals surface area contributed by atoms with E-state index < -0.39 is 5.97 Å². The molecule has 0 saturated carbocycles. The molecule has 2 rings (SSSR count). The van der Waals surface area contributed by atoms with Crippen molar-refractivity contribution in [1.29, 1.82) is 0 Å².